The molecule has 0 atom stereocenters. The Bertz CT molecular complexity index is 681. The van der Waals surface area contributed by atoms with Crippen molar-refractivity contribution >= 4 is 40.4 Å². The molecule has 1 aromatic carbocycles. The molecule has 7 heteroatoms. The lowest BCUT2D eigenvalue weighted by molar-refractivity contribution is -0.116. The number of hydrogen-bond acceptors (Lipinski definition) is 4. The van der Waals surface area contributed by atoms with Gasteiger partial charge in [0.05, 0.1) is 4.88 Å². The maximum atomic E-state index is 11.9. The van der Waals surface area contributed by atoms with E-state index in [4.69, 9.17) is 0 Å². The number of urea groups is 1. The van der Waals surface area contributed by atoms with Crippen molar-refractivity contribution in [2.24, 2.45) is 0 Å². The third-order valence-electron chi connectivity index (χ3n) is 3.03. The molecule has 0 radical (unpaired) electrons. The maximum absolute atomic E-state index is 11.9. The summed E-state index contributed by atoms with van der Waals surface area (Å²) in [5.41, 5.74) is 1.23. The minimum atomic E-state index is -0.311. The monoisotopic (exact) mass is 331 g/mol. The number of ketones is 1. The number of rotatable bonds is 6. The van der Waals surface area contributed by atoms with Crippen LogP contribution >= 0.6 is 11.3 Å². The molecule has 2 rings (SSSR count). The zero-order valence-corrected chi connectivity index (χ0v) is 13.4. The fraction of sp³-hybridized carbons (Fsp3) is 0.188. The molecule has 6 nitrogen and oxygen atoms in total. The van der Waals surface area contributed by atoms with Gasteiger partial charge in [0.1, 0.15) is 0 Å². The second-order valence-corrected chi connectivity index (χ2v) is 5.68. The van der Waals surface area contributed by atoms with Crippen LogP contribution in [0.15, 0.2) is 41.8 Å². The van der Waals surface area contributed by atoms with Crippen molar-refractivity contribution in [2.45, 2.75) is 12.8 Å². The number of Topliss-reactive ketones (excluding diaryl/α,β-unsaturated/α-hetero) is 1. The largest absolute Gasteiger partial charge is 0.341 e. The van der Waals surface area contributed by atoms with Crippen molar-refractivity contribution in [3.63, 3.8) is 0 Å². The highest BCUT2D eigenvalue weighted by Gasteiger charge is 2.10. The van der Waals surface area contributed by atoms with Gasteiger partial charge in [0.25, 0.3) is 0 Å². The lowest BCUT2D eigenvalue weighted by Crippen LogP contribution is -2.24. The zero-order chi connectivity index (χ0) is 16.7. The number of thiophene rings is 1. The van der Waals surface area contributed by atoms with E-state index in [0.29, 0.717) is 16.3 Å². The van der Waals surface area contributed by atoms with Crippen LogP contribution in [-0.2, 0) is 4.79 Å². The summed E-state index contributed by atoms with van der Waals surface area (Å²) in [6.07, 6.45) is 0.317. The maximum Gasteiger partial charge on any atom is 0.318 e. The van der Waals surface area contributed by atoms with Crippen LogP contribution < -0.4 is 16.0 Å². The van der Waals surface area contributed by atoms with Crippen LogP contribution in [0.3, 0.4) is 0 Å². The summed E-state index contributed by atoms with van der Waals surface area (Å²) in [5.74, 6) is -0.248. The van der Waals surface area contributed by atoms with Crippen molar-refractivity contribution in [3.05, 3.63) is 46.7 Å². The van der Waals surface area contributed by atoms with E-state index in [-0.39, 0.29) is 30.6 Å². The van der Waals surface area contributed by atoms with E-state index in [1.54, 1.807) is 30.3 Å². The molecule has 0 saturated heterocycles. The second-order valence-electron chi connectivity index (χ2n) is 4.73. The van der Waals surface area contributed by atoms with Crippen LogP contribution in [0.1, 0.15) is 22.5 Å². The normalized spacial score (nSPS) is 9.96. The van der Waals surface area contributed by atoms with Gasteiger partial charge < -0.3 is 16.0 Å². The number of hydrogen-bond donors (Lipinski definition) is 3. The van der Waals surface area contributed by atoms with E-state index >= 15 is 0 Å². The Morgan fingerprint density at radius 2 is 1.61 bits per heavy atom. The highest BCUT2D eigenvalue weighted by molar-refractivity contribution is 7.12. The third-order valence-corrected chi connectivity index (χ3v) is 3.94. The van der Waals surface area contributed by atoms with Crippen molar-refractivity contribution in [3.8, 4) is 0 Å². The van der Waals surface area contributed by atoms with Crippen molar-refractivity contribution in [2.75, 3.05) is 17.7 Å². The van der Waals surface area contributed by atoms with Gasteiger partial charge in [-0.25, -0.2) is 4.79 Å². The van der Waals surface area contributed by atoms with Crippen LogP contribution in [0.4, 0.5) is 16.2 Å². The fourth-order valence-corrected chi connectivity index (χ4v) is 2.54. The van der Waals surface area contributed by atoms with E-state index < -0.39 is 0 Å². The molecule has 0 aliphatic rings. The first-order chi connectivity index (χ1) is 11.1. The Labute approximate surface area is 137 Å². The van der Waals surface area contributed by atoms with Crippen LogP contribution in [0, 0.1) is 0 Å². The third kappa shape index (κ3) is 5.23. The zero-order valence-electron chi connectivity index (χ0n) is 12.6. The summed E-state index contributed by atoms with van der Waals surface area (Å²) >= 11 is 1.37. The number of benzene rings is 1. The first-order valence-corrected chi connectivity index (χ1v) is 7.92. The second kappa shape index (κ2) is 8.09. The molecule has 0 spiro atoms. The smallest absolute Gasteiger partial charge is 0.318 e. The average Bonchev–Trinajstić information content (AvgIpc) is 3.09. The highest BCUT2D eigenvalue weighted by atomic mass is 32.1. The lowest BCUT2D eigenvalue weighted by Gasteiger charge is -2.07. The molecule has 2 aromatic rings. The van der Waals surface area contributed by atoms with Crippen LogP contribution in [-0.4, -0.2) is 24.8 Å². The van der Waals surface area contributed by atoms with E-state index in [1.807, 2.05) is 11.4 Å². The summed E-state index contributed by atoms with van der Waals surface area (Å²) in [6, 6.07) is 9.99. The number of anilines is 2. The summed E-state index contributed by atoms with van der Waals surface area (Å²) in [4.78, 5) is 35.5. The van der Waals surface area contributed by atoms with E-state index in [0.717, 1.165) is 0 Å². The van der Waals surface area contributed by atoms with Gasteiger partial charge in [0, 0.05) is 31.3 Å². The quantitative estimate of drug-likeness (QED) is 0.711. The van der Waals surface area contributed by atoms with Gasteiger partial charge in [-0.05, 0) is 35.7 Å². The van der Waals surface area contributed by atoms with Gasteiger partial charge >= 0.3 is 6.03 Å². The Morgan fingerprint density at radius 3 is 2.17 bits per heavy atom. The van der Waals surface area contributed by atoms with Crippen molar-refractivity contribution in [1.82, 2.24) is 5.32 Å². The summed E-state index contributed by atoms with van der Waals surface area (Å²) in [5, 5.41) is 9.63. The summed E-state index contributed by atoms with van der Waals surface area (Å²) in [6.45, 7) is 0. The van der Waals surface area contributed by atoms with E-state index in [9.17, 15) is 14.4 Å². The molecule has 3 N–H and O–H groups in total. The van der Waals surface area contributed by atoms with Crippen LogP contribution in [0.5, 0.6) is 0 Å². The molecule has 0 unspecified atom stereocenters. The predicted octanol–water partition coefficient (Wildman–Crippen LogP) is 3.10. The molecule has 1 aromatic heterocycles. The molecule has 1 heterocycles. The molecule has 0 aliphatic carbocycles. The Balaban J connectivity index is 1.81. The highest BCUT2D eigenvalue weighted by Crippen LogP contribution is 2.15. The first kappa shape index (κ1) is 16.7. The van der Waals surface area contributed by atoms with Gasteiger partial charge in [-0.1, -0.05) is 6.07 Å². The van der Waals surface area contributed by atoms with Gasteiger partial charge in [-0.2, -0.15) is 0 Å². The van der Waals surface area contributed by atoms with Crippen molar-refractivity contribution in [1.29, 1.82) is 0 Å². The average molecular weight is 331 g/mol. The Kier molecular flexibility index (Phi) is 5.87. The standard InChI is InChI=1S/C16H17N3O3S/c1-17-16(22)19-12-6-4-11(5-7-12)18-15(21)9-8-13(20)14-3-2-10-23-14/h2-7,10H,8-9H2,1H3,(H,18,21)(H2,17,19,22). The SMILES string of the molecule is CNC(=O)Nc1ccc(NC(=O)CCC(=O)c2cccs2)cc1. The number of nitrogens with one attached hydrogen (secondary N) is 3. The van der Waals surface area contributed by atoms with E-state index in [2.05, 4.69) is 16.0 Å². The topological polar surface area (TPSA) is 87.3 Å². The molecule has 120 valence electrons. The molecule has 0 aliphatic heterocycles. The van der Waals surface area contributed by atoms with Crippen LogP contribution in [0.25, 0.3) is 0 Å². The van der Waals surface area contributed by atoms with Gasteiger partial charge in [-0.3, -0.25) is 9.59 Å². The summed E-state index contributed by atoms with van der Waals surface area (Å²) in [7, 11) is 1.53. The summed E-state index contributed by atoms with van der Waals surface area (Å²) < 4.78 is 0. The van der Waals surface area contributed by atoms with Crippen molar-refractivity contribution < 1.29 is 14.4 Å². The molecule has 0 bridgehead atoms. The van der Waals surface area contributed by atoms with Gasteiger partial charge in [0.15, 0.2) is 5.78 Å². The minimum Gasteiger partial charge on any atom is -0.341 e. The van der Waals surface area contributed by atoms with Crippen LogP contribution in [0.2, 0.25) is 0 Å². The van der Waals surface area contributed by atoms with E-state index in [1.165, 1.54) is 18.4 Å². The molecular formula is C16H17N3O3S. The first-order valence-electron chi connectivity index (χ1n) is 7.04. The predicted molar refractivity (Wildman–Crippen MR) is 91.0 cm³/mol. The van der Waals surface area contributed by atoms with Gasteiger partial charge in [-0.15, -0.1) is 11.3 Å². The number of carbonyl (C=O) groups excluding carboxylic acids is 3. The Hall–Kier alpha value is -2.67. The number of carbonyl (C=O) groups is 3. The lowest BCUT2D eigenvalue weighted by atomic mass is 10.2. The van der Waals surface area contributed by atoms with Gasteiger partial charge in [0.2, 0.25) is 5.91 Å². The molecular weight excluding hydrogens is 314 g/mol. The minimum absolute atomic E-state index is 0.0275. The molecule has 0 saturated carbocycles. The molecule has 3 amide bonds. The number of amides is 3. The molecule has 0 fully saturated rings. The molecule has 23 heavy (non-hydrogen) atoms. The Morgan fingerprint density at radius 1 is 0.957 bits per heavy atom. The fourth-order valence-electron chi connectivity index (χ4n) is 1.84.